The summed E-state index contributed by atoms with van der Waals surface area (Å²) in [4.78, 5) is 26.3. The van der Waals surface area contributed by atoms with Crippen LogP contribution in [0.1, 0.15) is 38.1 Å². The van der Waals surface area contributed by atoms with Crippen molar-refractivity contribution in [2.75, 3.05) is 19.0 Å². The molecule has 0 atom stereocenters. The molecule has 0 saturated carbocycles. The minimum atomic E-state index is -0.483. The molecule has 1 aromatic heterocycles. The highest BCUT2D eigenvalue weighted by molar-refractivity contribution is 7.17. The fraction of sp³-hybridized carbons (Fsp3) is 0.217. The quantitative estimate of drug-likeness (QED) is 0.548. The fourth-order valence-electron chi connectivity index (χ4n) is 3.07. The Balaban J connectivity index is 2.00. The normalized spacial score (nSPS) is 10.5. The van der Waals surface area contributed by atoms with Crippen LogP contribution in [-0.2, 0) is 4.74 Å². The number of nitrogens with one attached hydrogen (secondary N) is 1. The molecule has 150 valence electrons. The number of esters is 1. The third kappa shape index (κ3) is 4.49. The summed E-state index contributed by atoms with van der Waals surface area (Å²) >= 11 is 1.36. The van der Waals surface area contributed by atoms with Gasteiger partial charge in [-0.3, -0.25) is 4.79 Å². The molecule has 0 unspecified atom stereocenters. The number of aryl methyl sites for hydroxylation is 2. The average molecular weight is 410 g/mol. The van der Waals surface area contributed by atoms with Crippen LogP contribution in [0.25, 0.3) is 11.1 Å². The highest BCUT2D eigenvalue weighted by Crippen LogP contribution is 2.40. The standard InChI is InChI=1S/C23H23NO4S/c1-5-28-18-8-6-7-17(13-18)21(25)24-22-20(23(26)27-4)19(15(3)29-22)16-11-9-14(2)10-12-16/h6-13H,5H2,1-4H3,(H,24,25). The van der Waals surface area contributed by atoms with Crippen molar-refractivity contribution in [1.29, 1.82) is 0 Å². The highest BCUT2D eigenvalue weighted by atomic mass is 32.1. The lowest BCUT2D eigenvalue weighted by molar-refractivity contribution is 0.0603. The molecule has 0 aliphatic heterocycles. The summed E-state index contributed by atoms with van der Waals surface area (Å²) in [5.41, 5.74) is 3.63. The van der Waals surface area contributed by atoms with Crippen LogP contribution in [0.4, 0.5) is 5.00 Å². The first-order chi connectivity index (χ1) is 13.9. The fourth-order valence-corrected chi connectivity index (χ4v) is 4.13. The van der Waals surface area contributed by atoms with E-state index in [4.69, 9.17) is 9.47 Å². The Hall–Kier alpha value is -3.12. The molecule has 0 bridgehead atoms. The number of rotatable bonds is 6. The number of hydrogen-bond acceptors (Lipinski definition) is 5. The Labute approximate surface area is 174 Å². The van der Waals surface area contributed by atoms with Gasteiger partial charge in [0.1, 0.15) is 16.3 Å². The number of methoxy groups -OCH3 is 1. The van der Waals surface area contributed by atoms with Crippen LogP contribution in [0.2, 0.25) is 0 Å². The number of benzene rings is 2. The van der Waals surface area contributed by atoms with Gasteiger partial charge in [-0.1, -0.05) is 35.9 Å². The number of hydrogen-bond donors (Lipinski definition) is 1. The zero-order valence-corrected chi connectivity index (χ0v) is 17.7. The van der Waals surface area contributed by atoms with Gasteiger partial charge in [0.25, 0.3) is 5.91 Å². The smallest absolute Gasteiger partial charge is 0.341 e. The maximum absolute atomic E-state index is 12.8. The molecule has 3 aromatic rings. The van der Waals surface area contributed by atoms with E-state index in [-0.39, 0.29) is 5.91 Å². The number of ether oxygens (including phenoxy) is 2. The van der Waals surface area contributed by atoms with Crippen LogP contribution in [0.3, 0.4) is 0 Å². The maximum atomic E-state index is 12.8. The molecule has 0 spiro atoms. The first kappa shape index (κ1) is 20.6. The molecule has 3 rings (SSSR count). The number of anilines is 1. The lowest BCUT2D eigenvalue weighted by Crippen LogP contribution is -2.14. The number of carbonyl (C=O) groups is 2. The van der Waals surface area contributed by atoms with Crippen molar-refractivity contribution >= 4 is 28.2 Å². The second-order valence-electron chi connectivity index (χ2n) is 6.51. The van der Waals surface area contributed by atoms with Crippen LogP contribution < -0.4 is 10.1 Å². The monoisotopic (exact) mass is 409 g/mol. The molecule has 0 aliphatic rings. The number of amides is 1. The van der Waals surface area contributed by atoms with Gasteiger partial charge < -0.3 is 14.8 Å². The van der Waals surface area contributed by atoms with E-state index in [2.05, 4.69) is 5.32 Å². The van der Waals surface area contributed by atoms with Gasteiger partial charge in [-0.2, -0.15) is 0 Å². The van der Waals surface area contributed by atoms with E-state index >= 15 is 0 Å². The average Bonchev–Trinajstić information content (AvgIpc) is 3.04. The maximum Gasteiger partial charge on any atom is 0.341 e. The second kappa shape index (κ2) is 8.92. The minimum absolute atomic E-state index is 0.312. The molecule has 0 fully saturated rings. The summed E-state index contributed by atoms with van der Waals surface area (Å²) in [7, 11) is 1.34. The molecule has 6 heteroatoms. The minimum Gasteiger partial charge on any atom is -0.494 e. The molecule has 0 saturated heterocycles. The zero-order valence-electron chi connectivity index (χ0n) is 16.9. The number of carbonyl (C=O) groups excluding carboxylic acids is 2. The number of thiophene rings is 1. The van der Waals surface area contributed by atoms with Crippen molar-refractivity contribution in [3.63, 3.8) is 0 Å². The van der Waals surface area contributed by atoms with Gasteiger partial charge in [0.15, 0.2) is 0 Å². The van der Waals surface area contributed by atoms with Crippen molar-refractivity contribution in [3.05, 3.63) is 70.1 Å². The SMILES string of the molecule is CCOc1cccc(C(=O)Nc2sc(C)c(-c3ccc(C)cc3)c2C(=O)OC)c1. The molecule has 1 heterocycles. The third-order valence-corrected chi connectivity index (χ3v) is 5.47. The first-order valence-electron chi connectivity index (χ1n) is 9.27. The highest BCUT2D eigenvalue weighted by Gasteiger charge is 2.25. The Kier molecular flexibility index (Phi) is 6.34. The van der Waals surface area contributed by atoms with Gasteiger partial charge in [-0.15, -0.1) is 11.3 Å². The summed E-state index contributed by atoms with van der Waals surface area (Å²) in [5.74, 6) is -0.173. The van der Waals surface area contributed by atoms with E-state index in [1.165, 1.54) is 18.4 Å². The van der Waals surface area contributed by atoms with Crippen LogP contribution >= 0.6 is 11.3 Å². The van der Waals surface area contributed by atoms with Gasteiger partial charge in [-0.25, -0.2) is 4.79 Å². The molecule has 0 aliphatic carbocycles. The van der Waals surface area contributed by atoms with Crippen molar-refractivity contribution in [2.45, 2.75) is 20.8 Å². The molecule has 0 radical (unpaired) electrons. The topological polar surface area (TPSA) is 64.6 Å². The van der Waals surface area contributed by atoms with Gasteiger partial charge in [0.2, 0.25) is 0 Å². The lowest BCUT2D eigenvalue weighted by Gasteiger charge is -2.09. The predicted molar refractivity (Wildman–Crippen MR) is 116 cm³/mol. The van der Waals surface area contributed by atoms with Crippen LogP contribution in [0, 0.1) is 13.8 Å². The van der Waals surface area contributed by atoms with Crippen molar-refractivity contribution < 1.29 is 19.1 Å². The summed E-state index contributed by atoms with van der Waals surface area (Å²) in [6, 6.07) is 14.9. The van der Waals surface area contributed by atoms with Crippen LogP contribution in [0.15, 0.2) is 48.5 Å². The van der Waals surface area contributed by atoms with Gasteiger partial charge in [0.05, 0.1) is 13.7 Å². The third-order valence-electron chi connectivity index (χ3n) is 4.45. The zero-order chi connectivity index (χ0) is 21.0. The Morgan fingerprint density at radius 2 is 1.79 bits per heavy atom. The van der Waals surface area contributed by atoms with Crippen LogP contribution in [0.5, 0.6) is 5.75 Å². The molecular weight excluding hydrogens is 386 g/mol. The summed E-state index contributed by atoms with van der Waals surface area (Å²) in [6.07, 6.45) is 0. The molecule has 29 heavy (non-hydrogen) atoms. The molecule has 5 nitrogen and oxygen atoms in total. The van der Waals surface area contributed by atoms with E-state index in [1.54, 1.807) is 24.3 Å². The van der Waals surface area contributed by atoms with E-state index in [1.807, 2.05) is 45.0 Å². The summed E-state index contributed by atoms with van der Waals surface area (Å²) in [5, 5.41) is 3.35. The van der Waals surface area contributed by atoms with Crippen molar-refractivity contribution in [2.24, 2.45) is 0 Å². The van der Waals surface area contributed by atoms with E-state index in [9.17, 15) is 9.59 Å². The summed E-state index contributed by atoms with van der Waals surface area (Å²) in [6.45, 7) is 6.34. The Bertz CT molecular complexity index is 1040. The van der Waals surface area contributed by atoms with Crippen molar-refractivity contribution in [3.8, 4) is 16.9 Å². The second-order valence-corrected chi connectivity index (χ2v) is 7.73. The van der Waals surface area contributed by atoms with Gasteiger partial charge in [-0.05, 0) is 44.5 Å². The van der Waals surface area contributed by atoms with E-state index in [0.717, 1.165) is 21.6 Å². The lowest BCUT2D eigenvalue weighted by atomic mass is 10.0. The van der Waals surface area contributed by atoms with Crippen molar-refractivity contribution in [1.82, 2.24) is 0 Å². The summed E-state index contributed by atoms with van der Waals surface area (Å²) < 4.78 is 10.5. The largest absolute Gasteiger partial charge is 0.494 e. The molecule has 1 amide bonds. The van der Waals surface area contributed by atoms with Gasteiger partial charge >= 0.3 is 5.97 Å². The first-order valence-corrected chi connectivity index (χ1v) is 10.1. The Morgan fingerprint density at radius 1 is 1.07 bits per heavy atom. The molecular formula is C23H23NO4S. The van der Waals surface area contributed by atoms with Crippen LogP contribution in [-0.4, -0.2) is 25.6 Å². The molecule has 2 aromatic carbocycles. The molecule has 1 N–H and O–H groups in total. The predicted octanol–water partition coefficient (Wildman–Crippen LogP) is 5.47. The van der Waals surface area contributed by atoms with E-state index in [0.29, 0.717) is 28.5 Å². The van der Waals surface area contributed by atoms with Gasteiger partial charge in [0, 0.05) is 16.0 Å². The van der Waals surface area contributed by atoms with E-state index < -0.39 is 5.97 Å². The Morgan fingerprint density at radius 3 is 2.45 bits per heavy atom.